The van der Waals surface area contributed by atoms with Crippen molar-refractivity contribution >= 4 is 5.69 Å². The van der Waals surface area contributed by atoms with E-state index in [9.17, 15) is 0 Å². The molecule has 0 amide bonds. The Hall–Kier alpha value is -1.40. The highest BCUT2D eigenvalue weighted by molar-refractivity contribution is 5.47. The number of hydrogen-bond donors (Lipinski definition) is 0. The van der Waals surface area contributed by atoms with Crippen molar-refractivity contribution in [3.05, 3.63) is 41.5 Å². The molecule has 2 aliphatic heterocycles. The topological polar surface area (TPSA) is 40.2 Å². The molecule has 5 nitrogen and oxygen atoms in total. The van der Waals surface area contributed by atoms with Gasteiger partial charge in [0.2, 0.25) is 0 Å². The molecule has 190 valence electrons. The van der Waals surface area contributed by atoms with Gasteiger partial charge in [-0.05, 0) is 73.0 Å². The summed E-state index contributed by atoms with van der Waals surface area (Å²) in [4.78, 5) is 2.20. The second-order valence-electron chi connectivity index (χ2n) is 12.5. The van der Waals surface area contributed by atoms with Gasteiger partial charge in [0.25, 0.3) is 0 Å². The Kier molecular flexibility index (Phi) is 5.24. The van der Waals surface area contributed by atoms with E-state index in [-0.39, 0.29) is 17.0 Å². The highest BCUT2D eigenvalue weighted by Crippen LogP contribution is 2.69. The SMILES string of the molecule is CN(C)c1ccc([C@H]2C[C@@]3(C)[C@@H](CCC34OCCO4)[C@@H]3CC=C4CC5(CC[C@@H]4[C@H]32)OCCO5)cc1. The molecule has 0 bridgehead atoms. The Morgan fingerprint density at radius 2 is 1.57 bits per heavy atom. The molecule has 4 aliphatic carbocycles. The van der Waals surface area contributed by atoms with E-state index < -0.39 is 0 Å². The number of anilines is 1. The summed E-state index contributed by atoms with van der Waals surface area (Å²) in [6, 6.07) is 9.43. The minimum absolute atomic E-state index is 0.0639. The molecule has 2 spiro atoms. The molecular formula is C30H41NO4. The number of allylic oxidation sites excluding steroid dienone is 1. The van der Waals surface area contributed by atoms with E-state index in [1.54, 1.807) is 5.57 Å². The van der Waals surface area contributed by atoms with Crippen LogP contribution in [0.1, 0.15) is 63.4 Å². The summed E-state index contributed by atoms with van der Waals surface area (Å²) >= 11 is 0. The third kappa shape index (κ3) is 3.27. The number of hydrogen-bond acceptors (Lipinski definition) is 5. The lowest BCUT2D eigenvalue weighted by Gasteiger charge is -2.58. The maximum Gasteiger partial charge on any atom is 0.174 e. The van der Waals surface area contributed by atoms with Crippen molar-refractivity contribution in [1.82, 2.24) is 0 Å². The largest absolute Gasteiger partial charge is 0.378 e. The van der Waals surface area contributed by atoms with Crippen molar-refractivity contribution in [2.75, 3.05) is 45.4 Å². The third-order valence-electron chi connectivity index (χ3n) is 10.9. The number of nitrogens with zero attached hydrogens (tertiary/aromatic N) is 1. The fourth-order valence-corrected chi connectivity index (χ4v) is 9.36. The van der Waals surface area contributed by atoms with Crippen LogP contribution in [0.2, 0.25) is 0 Å². The second-order valence-corrected chi connectivity index (χ2v) is 12.5. The van der Waals surface area contributed by atoms with Gasteiger partial charge in [-0.1, -0.05) is 30.7 Å². The molecule has 0 aromatic heterocycles. The van der Waals surface area contributed by atoms with Gasteiger partial charge in [-0.25, -0.2) is 0 Å². The fraction of sp³-hybridized carbons (Fsp3) is 0.733. The summed E-state index contributed by atoms with van der Waals surface area (Å²) in [7, 11) is 4.25. The Balaban J connectivity index is 1.28. The normalized spacial score (nSPS) is 40.9. The van der Waals surface area contributed by atoms with E-state index in [2.05, 4.69) is 56.3 Å². The molecule has 1 aromatic carbocycles. The predicted molar refractivity (Wildman–Crippen MR) is 135 cm³/mol. The first-order valence-corrected chi connectivity index (χ1v) is 14.0. The van der Waals surface area contributed by atoms with Gasteiger partial charge < -0.3 is 23.8 Å². The van der Waals surface area contributed by atoms with Gasteiger partial charge in [0, 0.05) is 44.5 Å². The molecule has 3 saturated carbocycles. The highest BCUT2D eigenvalue weighted by Gasteiger charge is 2.67. The van der Waals surface area contributed by atoms with Crippen LogP contribution in [0.3, 0.4) is 0 Å². The van der Waals surface area contributed by atoms with Crippen molar-refractivity contribution in [3.63, 3.8) is 0 Å². The lowest BCUT2D eigenvalue weighted by Crippen LogP contribution is -2.55. The van der Waals surface area contributed by atoms with Crippen LogP contribution in [0, 0.1) is 29.1 Å². The van der Waals surface area contributed by atoms with Gasteiger partial charge in [0.15, 0.2) is 11.6 Å². The van der Waals surface area contributed by atoms with E-state index in [0.29, 0.717) is 29.6 Å². The smallest absolute Gasteiger partial charge is 0.174 e. The molecule has 7 rings (SSSR count). The molecule has 5 fully saturated rings. The van der Waals surface area contributed by atoms with E-state index in [0.717, 1.165) is 52.1 Å². The zero-order valence-electron chi connectivity index (χ0n) is 21.6. The first kappa shape index (κ1) is 22.8. The Bertz CT molecular complexity index is 990. The lowest BCUT2D eigenvalue weighted by molar-refractivity contribution is -0.243. The molecule has 6 aliphatic rings. The molecule has 35 heavy (non-hydrogen) atoms. The minimum Gasteiger partial charge on any atom is -0.378 e. The molecule has 0 radical (unpaired) electrons. The number of rotatable bonds is 2. The van der Waals surface area contributed by atoms with Gasteiger partial charge in [-0.3, -0.25) is 0 Å². The van der Waals surface area contributed by atoms with Gasteiger partial charge in [-0.15, -0.1) is 0 Å². The van der Waals surface area contributed by atoms with Crippen molar-refractivity contribution in [2.24, 2.45) is 29.1 Å². The molecule has 2 saturated heterocycles. The van der Waals surface area contributed by atoms with Crippen LogP contribution < -0.4 is 4.90 Å². The van der Waals surface area contributed by atoms with Crippen LogP contribution in [0.25, 0.3) is 0 Å². The second kappa shape index (κ2) is 8.05. The average molecular weight is 480 g/mol. The van der Waals surface area contributed by atoms with Gasteiger partial charge >= 0.3 is 0 Å². The van der Waals surface area contributed by atoms with E-state index in [4.69, 9.17) is 18.9 Å². The predicted octanol–water partition coefficient (Wildman–Crippen LogP) is 5.51. The number of fused-ring (bicyclic) bond motifs is 6. The van der Waals surface area contributed by atoms with Crippen LogP contribution in [-0.4, -0.2) is 52.1 Å². The number of benzene rings is 1. The Labute approximate surface area is 210 Å². The molecule has 1 aromatic rings. The van der Waals surface area contributed by atoms with Crippen molar-refractivity contribution in [2.45, 2.75) is 69.4 Å². The Morgan fingerprint density at radius 1 is 0.857 bits per heavy atom. The van der Waals surface area contributed by atoms with Crippen LogP contribution >= 0.6 is 0 Å². The van der Waals surface area contributed by atoms with E-state index in [1.807, 2.05) is 0 Å². The summed E-state index contributed by atoms with van der Waals surface area (Å²) in [5.41, 5.74) is 4.44. The minimum atomic E-state index is -0.378. The average Bonchev–Trinajstić information content (AvgIpc) is 3.59. The standard InChI is InChI=1S/C30H41NO4/c1-28-19-25(20-4-7-22(8-5-20)31(2)3)27-23-10-12-29(32-14-15-33-29)18-21(23)6-9-24(27)26(28)11-13-30(28)34-16-17-35-30/h4-8,23-27H,9-19H2,1-3H3/t23-,24-,25+,26-,27+,28-/m0/s1. The van der Waals surface area contributed by atoms with Crippen molar-refractivity contribution < 1.29 is 18.9 Å². The zero-order chi connectivity index (χ0) is 23.8. The molecule has 2 heterocycles. The van der Waals surface area contributed by atoms with Crippen LogP contribution in [0.4, 0.5) is 5.69 Å². The lowest BCUT2D eigenvalue weighted by atomic mass is 9.48. The van der Waals surface area contributed by atoms with E-state index >= 15 is 0 Å². The summed E-state index contributed by atoms with van der Waals surface area (Å²) in [5.74, 6) is 2.46. The molecule has 6 atom stereocenters. The highest BCUT2D eigenvalue weighted by atomic mass is 16.7. The molecule has 5 heteroatoms. The van der Waals surface area contributed by atoms with Gasteiger partial charge in [-0.2, -0.15) is 0 Å². The quantitative estimate of drug-likeness (QED) is 0.524. The molecular weight excluding hydrogens is 438 g/mol. The summed E-state index contributed by atoms with van der Waals surface area (Å²) < 4.78 is 25.3. The number of ether oxygens (including phenoxy) is 4. The van der Waals surface area contributed by atoms with Gasteiger partial charge in [0.1, 0.15) is 0 Å². The van der Waals surface area contributed by atoms with Crippen molar-refractivity contribution in [3.8, 4) is 0 Å². The monoisotopic (exact) mass is 479 g/mol. The fourth-order valence-electron chi connectivity index (χ4n) is 9.36. The zero-order valence-corrected chi connectivity index (χ0v) is 21.6. The summed E-state index contributed by atoms with van der Waals surface area (Å²) in [5, 5.41) is 0. The first-order chi connectivity index (χ1) is 16.9. The molecule has 0 unspecified atom stereocenters. The van der Waals surface area contributed by atoms with Crippen LogP contribution in [0.5, 0.6) is 0 Å². The maximum atomic E-state index is 6.48. The Morgan fingerprint density at radius 3 is 2.29 bits per heavy atom. The van der Waals surface area contributed by atoms with Gasteiger partial charge in [0.05, 0.1) is 26.4 Å². The summed E-state index contributed by atoms with van der Waals surface area (Å²) in [6.07, 6.45) is 10.4. The first-order valence-electron chi connectivity index (χ1n) is 14.0. The third-order valence-corrected chi connectivity index (χ3v) is 10.9. The van der Waals surface area contributed by atoms with Crippen LogP contribution in [0.15, 0.2) is 35.9 Å². The summed E-state index contributed by atoms with van der Waals surface area (Å²) in [6.45, 7) is 5.48. The van der Waals surface area contributed by atoms with Crippen molar-refractivity contribution in [1.29, 1.82) is 0 Å². The maximum absolute atomic E-state index is 6.48. The van der Waals surface area contributed by atoms with Crippen LogP contribution in [-0.2, 0) is 18.9 Å². The van der Waals surface area contributed by atoms with E-state index in [1.165, 1.54) is 30.5 Å². The molecule has 0 N–H and O–H groups in total.